The van der Waals surface area contributed by atoms with E-state index in [9.17, 15) is 9.59 Å². The van der Waals surface area contributed by atoms with Crippen molar-refractivity contribution >= 4 is 46.8 Å². The smallest absolute Gasteiger partial charge is 0.242 e. The van der Waals surface area contributed by atoms with Crippen molar-refractivity contribution in [3.05, 3.63) is 69.7 Å². The van der Waals surface area contributed by atoms with Crippen molar-refractivity contribution in [3.63, 3.8) is 0 Å². The quantitative estimate of drug-likeness (QED) is 0.508. The van der Waals surface area contributed by atoms with E-state index in [1.807, 2.05) is 50.2 Å². The van der Waals surface area contributed by atoms with Crippen molar-refractivity contribution in [2.24, 2.45) is 5.92 Å². The molecule has 2 aromatic carbocycles. The standard InChI is InChI=1S/C23H28Cl2N2O2S/c1-16(2)12-26-23(29)17(3)27(13-18-8-10-20(24)11-9-18)22(28)15-30-14-19-6-4-5-7-21(19)25/h4-11,16-17H,12-15H2,1-3H3,(H,26,29)/t17-/m1/s1. The SMILES string of the molecule is CC(C)CNC(=O)[C@@H](C)N(Cc1ccc(Cl)cc1)C(=O)CSCc1ccccc1Cl. The molecule has 0 aliphatic carbocycles. The second-order valence-corrected chi connectivity index (χ2v) is 9.38. The average molecular weight is 467 g/mol. The van der Waals surface area contributed by atoms with Gasteiger partial charge in [0.2, 0.25) is 11.8 Å². The minimum Gasteiger partial charge on any atom is -0.354 e. The lowest BCUT2D eigenvalue weighted by Gasteiger charge is -2.29. The third-order valence-corrected chi connectivity index (χ3v) is 6.15. The first-order valence-corrected chi connectivity index (χ1v) is 11.8. The van der Waals surface area contributed by atoms with E-state index in [2.05, 4.69) is 5.32 Å². The first-order valence-electron chi connectivity index (χ1n) is 9.90. The van der Waals surface area contributed by atoms with Crippen LogP contribution in [0, 0.1) is 5.92 Å². The zero-order chi connectivity index (χ0) is 22.1. The van der Waals surface area contributed by atoms with Crippen LogP contribution >= 0.6 is 35.0 Å². The van der Waals surface area contributed by atoms with Crippen LogP contribution in [0.25, 0.3) is 0 Å². The number of hydrogen-bond acceptors (Lipinski definition) is 3. The van der Waals surface area contributed by atoms with Gasteiger partial charge in [0, 0.05) is 28.9 Å². The molecule has 0 spiro atoms. The van der Waals surface area contributed by atoms with Crippen LogP contribution in [0.3, 0.4) is 0 Å². The molecule has 0 saturated carbocycles. The number of carbonyl (C=O) groups is 2. The van der Waals surface area contributed by atoms with Gasteiger partial charge in [-0.2, -0.15) is 0 Å². The van der Waals surface area contributed by atoms with Crippen molar-refractivity contribution < 1.29 is 9.59 Å². The molecule has 2 amide bonds. The predicted octanol–water partition coefficient (Wildman–Crippen LogP) is 5.42. The highest BCUT2D eigenvalue weighted by Gasteiger charge is 2.26. The van der Waals surface area contributed by atoms with Gasteiger partial charge in [0.15, 0.2) is 0 Å². The second kappa shape index (κ2) is 12.2. The monoisotopic (exact) mass is 466 g/mol. The highest BCUT2D eigenvalue weighted by Crippen LogP contribution is 2.22. The third kappa shape index (κ3) is 7.86. The average Bonchev–Trinajstić information content (AvgIpc) is 2.72. The van der Waals surface area contributed by atoms with E-state index in [4.69, 9.17) is 23.2 Å². The van der Waals surface area contributed by atoms with E-state index in [-0.39, 0.29) is 17.6 Å². The van der Waals surface area contributed by atoms with Crippen LogP contribution in [0.5, 0.6) is 0 Å². The number of carbonyl (C=O) groups excluding carboxylic acids is 2. The van der Waals surface area contributed by atoms with Gasteiger partial charge >= 0.3 is 0 Å². The fraction of sp³-hybridized carbons (Fsp3) is 0.391. The Morgan fingerprint density at radius 2 is 1.70 bits per heavy atom. The summed E-state index contributed by atoms with van der Waals surface area (Å²) in [6, 6.07) is 14.3. The van der Waals surface area contributed by atoms with E-state index in [0.29, 0.717) is 34.8 Å². The van der Waals surface area contributed by atoms with Gasteiger partial charge in [0.1, 0.15) is 6.04 Å². The summed E-state index contributed by atoms with van der Waals surface area (Å²) in [4.78, 5) is 27.3. The lowest BCUT2D eigenvalue weighted by atomic mass is 10.1. The molecule has 4 nitrogen and oxygen atoms in total. The molecule has 2 aromatic rings. The van der Waals surface area contributed by atoms with Gasteiger partial charge in [0.25, 0.3) is 0 Å². The minimum atomic E-state index is -0.576. The highest BCUT2D eigenvalue weighted by atomic mass is 35.5. The molecular formula is C23H28Cl2N2O2S. The summed E-state index contributed by atoms with van der Waals surface area (Å²) in [6.07, 6.45) is 0. The molecule has 0 radical (unpaired) electrons. The Balaban J connectivity index is 2.06. The molecule has 0 aromatic heterocycles. The van der Waals surface area contributed by atoms with Crippen LogP contribution in [0.1, 0.15) is 31.9 Å². The molecule has 0 fully saturated rings. The molecule has 1 atom stereocenters. The Morgan fingerprint density at radius 3 is 2.33 bits per heavy atom. The van der Waals surface area contributed by atoms with Gasteiger partial charge < -0.3 is 10.2 Å². The van der Waals surface area contributed by atoms with E-state index in [1.165, 1.54) is 11.8 Å². The summed E-state index contributed by atoms with van der Waals surface area (Å²) < 4.78 is 0. The van der Waals surface area contributed by atoms with Gasteiger partial charge in [-0.25, -0.2) is 0 Å². The Hall–Kier alpha value is -1.69. The molecule has 162 valence electrons. The highest BCUT2D eigenvalue weighted by molar-refractivity contribution is 7.99. The number of halogens is 2. The zero-order valence-electron chi connectivity index (χ0n) is 17.5. The van der Waals surface area contributed by atoms with Gasteiger partial charge in [0.05, 0.1) is 5.75 Å². The maximum atomic E-state index is 13.0. The summed E-state index contributed by atoms with van der Waals surface area (Å²) in [7, 11) is 0. The van der Waals surface area contributed by atoms with Crippen LogP contribution in [-0.4, -0.2) is 35.1 Å². The molecule has 0 aliphatic heterocycles. The molecule has 2 rings (SSSR count). The van der Waals surface area contributed by atoms with Crippen molar-refractivity contribution in [1.82, 2.24) is 10.2 Å². The number of nitrogens with zero attached hydrogens (tertiary/aromatic N) is 1. The Morgan fingerprint density at radius 1 is 1.03 bits per heavy atom. The van der Waals surface area contributed by atoms with Crippen molar-refractivity contribution in [1.29, 1.82) is 0 Å². The summed E-state index contributed by atoms with van der Waals surface area (Å²) in [6.45, 7) is 6.76. The maximum absolute atomic E-state index is 13.0. The van der Waals surface area contributed by atoms with Crippen LogP contribution in [0.15, 0.2) is 48.5 Å². The summed E-state index contributed by atoms with van der Waals surface area (Å²) >= 11 is 13.7. The molecule has 0 bridgehead atoms. The summed E-state index contributed by atoms with van der Waals surface area (Å²) in [5, 5.41) is 4.25. The molecule has 0 heterocycles. The van der Waals surface area contributed by atoms with Crippen molar-refractivity contribution in [2.75, 3.05) is 12.3 Å². The van der Waals surface area contributed by atoms with Crippen LogP contribution in [-0.2, 0) is 21.9 Å². The number of benzene rings is 2. The van der Waals surface area contributed by atoms with Gasteiger partial charge in [-0.3, -0.25) is 9.59 Å². The second-order valence-electron chi connectivity index (χ2n) is 7.55. The number of amides is 2. The fourth-order valence-electron chi connectivity index (χ4n) is 2.77. The van der Waals surface area contributed by atoms with Crippen LogP contribution in [0.4, 0.5) is 0 Å². The normalized spacial score (nSPS) is 11.9. The topological polar surface area (TPSA) is 49.4 Å². The van der Waals surface area contributed by atoms with Crippen molar-refractivity contribution in [3.8, 4) is 0 Å². The fourth-order valence-corrected chi connectivity index (χ4v) is 4.09. The van der Waals surface area contributed by atoms with E-state index in [1.54, 1.807) is 24.0 Å². The van der Waals surface area contributed by atoms with Gasteiger partial charge in [-0.05, 0) is 42.2 Å². The summed E-state index contributed by atoms with van der Waals surface area (Å²) in [5.41, 5.74) is 1.91. The number of thioether (sulfide) groups is 1. The molecule has 1 N–H and O–H groups in total. The van der Waals surface area contributed by atoms with E-state index in [0.717, 1.165) is 11.1 Å². The predicted molar refractivity (Wildman–Crippen MR) is 127 cm³/mol. The lowest BCUT2D eigenvalue weighted by molar-refractivity contribution is -0.138. The van der Waals surface area contributed by atoms with Gasteiger partial charge in [-0.1, -0.05) is 67.4 Å². The number of hydrogen-bond donors (Lipinski definition) is 1. The number of rotatable bonds is 10. The molecule has 30 heavy (non-hydrogen) atoms. The minimum absolute atomic E-state index is 0.0887. The molecular weight excluding hydrogens is 439 g/mol. The molecule has 0 aliphatic rings. The molecule has 0 saturated heterocycles. The number of nitrogens with one attached hydrogen (secondary N) is 1. The largest absolute Gasteiger partial charge is 0.354 e. The first kappa shape index (κ1) is 24.6. The van der Waals surface area contributed by atoms with E-state index < -0.39 is 6.04 Å². The lowest BCUT2D eigenvalue weighted by Crippen LogP contribution is -2.48. The van der Waals surface area contributed by atoms with Gasteiger partial charge in [-0.15, -0.1) is 11.8 Å². The Bertz CT molecular complexity index is 843. The Labute approximate surface area is 193 Å². The molecule has 7 heteroatoms. The maximum Gasteiger partial charge on any atom is 0.242 e. The summed E-state index contributed by atoms with van der Waals surface area (Å²) in [5.74, 6) is 0.999. The zero-order valence-corrected chi connectivity index (χ0v) is 19.9. The first-order chi connectivity index (χ1) is 14.3. The van der Waals surface area contributed by atoms with Crippen LogP contribution < -0.4 is 5.32 Å². The molecule has 0 unspecified atom stereocenters. The van der Waals surface area contributed by atoms with E-state index >= 15 is 0 Å². The Kier molecular flexibility index (Phi) is 10.0. The van der Waals surface area contributed by atoms with Crippen molar-refractivity contribution in [2.45, 2.75) is 39.1 Å². The van der Waals surface area contributed by atoms with Crippen LogP contribution in [0.2, 0.25) is 10.0 Å². The third-order valence-electron chi connectivity index (χ3n) is 4.56.